The Morgan fingerprint density at radius 2 is 1.77 bits per heavy atom. The van der Waals surface area contributed by atoms with Gasteiger partial charge in [0.2, 0.25) is 0 Å². The molecule has 0 spiro atoms. The first-order chi connectivity index (χ1) is 12.6. The first-order valence-electron chi connectivity index (χ1n) is 8.17. The highest BCUT2D eigenvalue weighted by Gasteiger charge is 2.14. The van der Waals surface area contributed by atoms with Gasteiger partial charge in [0, 0.05) is 15.6 Å². The Balaban J connectivity index is 1.57. The minimum atomic E-state index is -0.250. The van der Waals surface area contributed by atoms with Crippen LogP contribution in [0.5, 0.6) is 5.75 Å². The van der Waals surface area contributed by atoms with Crippen LogP contribution in [0, 0.1) is 6.92 Å². The van der Waals surface area contributed by atoms with Crippen molar-refractivity contribution >= 4 is 44.3 Å². The number of hydrogen-bond donors (Lipinski definition) is 2. The van der Waals surface area contributed by atoms with Crippen LogP contribution in [0.4, 0.5) is 0 Å². The Morgan fingerprint density at radius 3 is 2.58 bits per heavy atom. The minimum absolute atomic E-state index is 0.152. The van der Waals surface area contributed by atoms with Gasteiger partial charge in [0.1, 0.15) is 5.75 Å². The number of phenolic OH excluding ortho intramolecular Hbond substituents is 1. The maximum Gasteiger partial charge on any atom is 0.281 e. The van der Waals surface area contributed by atoms with Crippen LogP contribution >= 0.6 is 11.3 Å². The average molecular weight is 360 g/mol. The van der Waals surface area contributed by atoms with Crippen molar-refractivity contribution in [3.05, 3.63) is 76.7 Å². The number of hydrazone groups is 1. The number of nitrogens with one attached hydrogen (secondary N) is 1. The third kappa shape index (κ3) is 2.82. The van der Waals surface area contributed by atoms with Gasteiger partial charge in [-0.1, -0.05) is 48.5 Å². The summed E-state index contributed by atoms with van der Waals surface area (Å²) in [5.74, 6) is -0.0978. The molecule has 128 valence electrons. The lowest BCUT2D eigenvalue weighted by Gasteiger charge is -2.04. The zero-order chi connectivity index (χ0) is 18.1. The van der Waals surface area contributed by atoms with Crippen LogP contribution in [-0.2, 0) is 0 Å². The molecule has 26 heavy (non-hydrogen) atoms. The van der Waals surface area contributed by atoms with Crippen molar-refractivity contribution in [3.63, 3.8) is 0 Å². The van der Waals surface area contributed by atoms with Gasteiger partial charge in [0.05, 0.1) is 11.1 Å². The second kappa shape index (κ2) is 6.61. The summed E-state index contributed by atoms with van der Waals surface area (Å²) in [6, 6.07) is 19.2. The Morgan fingerprint density at radius 1 is 1.04 bits per heavy atom. The molecule has 4 nitrogen and oxygen atoms in total. The molecule has 0 fully saturated rings. The molecule has 5 heteroatoms. The molecule has 1 amide bonds. The number of fused-ring (bicyclic) bond motifs is 2. The van der Waals surface area contributed by atoms with E-state index in [0.717, 1.165) is 26.4 Å². The number of thiophene rings is 1. The number of phenols is 1. The van der Waals surface area contributed by atoms with Crippen LogP contribution in [-0.4, -0.2) is 17.2 Å². The van der Waals surface area contributed by atoms with Gasteiger partial charge in [0.15, 0.2) is 0 Å². The van der Waals surface area contributed by atoms with Gasteiger partial charge in [0.25, 0.3) is 5.91 Å². The Labute approximate surface area is 154 Å². The maximum absolute atomic E-state index is 12.4. The van der Waals surface area contributed by atoms with Crippen molar-refractivity contribution in [1.29, 1.82) is 0 Å². The summed E-state index contributed by atoms with van der Waals surface area (Å²) in [6.45, 7) is 1.94. The predicted octanol–water partition coefficient (Wildman–Crippen LogP) is 4.83. The number of aromatic hydroxyl groups is 1. The smallest absolute Gasteiger partial charge is 0.281 e. The second-order valence-electron chi connectivity index (χ2n) is 5.98. The van der Waals surface area contributed by atoms with Gasteiger partial charge in [-0.05, 0) is 35.4 Å². The van der Waals surface area contributed by atoms with Crippen molar-refractivity contribution < 1.29 is 9.90 Å². The molecule has 4 aromatic rings. The van der Waals surface area contributed by atoms with Crippen molar-refractivity contribution in [2.45, 2.75) is 6.92 Å². The van der Waals surface area contributed by atoms with Crippen LogP contribution in [0.15, 0.2) is 65.8 Å². The maximum atomic E-state index is 12.4. The molecule has 0 radical (unpaired) electrons. The van der Waals surface area contributed by atoms with Crippen LogP contribution < -0.4 is 5.43 Å². The quantitative estimate of drug-likeness (QED) is 0.406. The number of aryl methyl sites for hydroxylation is 1. The molecule has 3 aromatic carbocycles. The van der Waals surface area contributed by atoms with Crippen molar-refractivity contribution in [3.8, 4) is 5.75 Å². The number of amides is 1. The topological polar surface area (TPSA) is 61.7 Å². The lowest BCUT2D eigenvalue weighted by atomic mass is 10.1. The number of benzene rings is 3. The highest BCUT2D eigenvalue weighted by atomic mass is 32.1. The van der Waals surface area contributed by atoms with E-state index < -0.39 is 0 Å². The van der Waals surface area contributed by atoms with E-state index in [-0.39, 0.29) is 11.7 Å². The molecular formula is C21H16N2O2S. The first-order valence-corrected chi connectivity index (χ1v) is 8.99. The number of nitrogens with zero attached hydrogens (tertiary/aromatic N) is 1. The van der Waals surface area contributed by atoms with Gasteiger partial charge in [-0.25, -0.2) is 5.43 Å². The highest BCUT2D eigenvalue weighted by molar-refractivity contribution is 7.21. The molecule has 4 rings (SSSR count). The summed E-state index contributed by atoms with van der Waals surface area (Å²) in [4.78, 5) is 13.1. The predicted molar refractivity (Wildman–Crippen MR) is 107 cm³/mol. The van der Waals surface area contributed by atoms with Crippen molar-refractivity contribution in [2.24, 2.45) is 5.10 Å². The summed E-state index contributed by atoms with van der Waals surface area (Å²) < 4.78 is 1.08. The third-order valence-electron chi connectivity index (χ3n) is 4.35. The van der Waals surface area contributed by atoms with E-state index in [9.17, 15) is 9.90 Å². The summed E-state index contributed by atoms with van der Waals surface area (Å²) in [7, 11) is 0. The molecule has 2 N–H and O–H groups in total. The fraction of sp³-hybridized carbons (Fsp3) is 0.0476. The lowest BCUT2D eigenvalue weighted by Crippen LogP contribution is -2.17. The fourth-order valence-corrected chi connectivity index (χ4v) is 4.08. The lowest BCUT2D eigenvalue weighted by molar-refractivity contribution is 0.0958. The van der Waals surface area contributed by atoms with Crippen LogP contribution in [0.25, 0.3) is 20.9 Å². The van der Waals surface area contributed by atoms with E-state index in [0.29, 0.717) is 10.4 Å². The molecule has 1 heterocycles. The van der Waals surface area contributed by atoms with E-state index in [1.165, 1.54) is 17.6 Å². The van der Waals surface area contributed by atoms with E-state index in [2.05, 4.69) is 10.5 Å². The Hall–Kier alpha value is -3.18. The summed E-state index contributed by atoms with van der Waals surface area (Å²) in [5.41, 5.74) is 4.06. The van der Waals surface area contributed by atoms with E-state index in [1.807, 2.05) is 61.5 Å². The zero-order valence-electron chi connectivity index (χ0n) is 14.1. The molecule has 0 unspecified atom stereocenters. The van der Waals surface area contributed by atoms with Crippen LogP contribution in [0.2, 0.25) is 0 Å². The number of hydrogen-bond acceptors (Lipinski definition) is 4. The monoisotopic (exact) mass is 360 g/mol. The molecule has 0 aliphatic carbocycles. The average Bonchev–Trinajstić information content (AvgIpc) is 3.01. The largest absolute Gasteiger partial charge is 0.507 e. The molecule has 0 aliphatic rings. The number of carbonyl (C=O) groups excluding carboxylic acids is 1. The highest BCUT2D eigenvalue weighted by Crippen LogP contribution is 2.30. The minimum Gasteiger partial charge on any atom is -0.507 e. The van der Waals surface area contributed by atoms with Gasteiger partial charge < -0.3 is 5.11 Å². The third-order valence-corrected chi connectivity index (χ3v) is 5.62. The van der Waals surface area contributed by atoms with Gasteiger partial charge in [-0.3, -0.25) is 4.79 Å². The Kier molecular flexibility index (Phi) is 4.14. The summed E-state index contributed by atoms with van der Waals surface area (Å²) >= 11 is 1.45. The molecule has 0 saturated heterocycles. The second-order valence-corrected chi connectivity index (χ2v) is 7.03. The van der Waals surface area contributed by atoms with Gasteiger partial charge in [-0.2, -0.15) is 5.10 Å². The molecule has 0 aliphatic heterocycles. The zero-order valence-corrected chi connectivity index (χ0v) is 14.9. The number of carbonyl (C=O) groups is 1. The van der Waals surface area contributed by atoms with Gasteiger partial charge in [-0.15, -0.1) is 11.3 Å². The van der Waals surface area contributed by atoms with Gasteiger partial charge >= 0.3 is 0 Å². The molecule has 0 saturated carbocycles. The molecular weight excluding hydrogens is 344 g/mol. The Bertz CT molecular complexity index is 1160. The van der Waals surface area contributed by atoms with Crippen LogP contribution in [0.1, 0.15) is 20.8 Å². The van der Waals surface area contributed by atoms with E-state index in [4.69, 9.17) is 0 Å². The van der Waals surface area contributed by atoms with E-state index >= 15 is 0 Å². The normalized spacial score (nSPS) is 11.4. The van der Waals surface area contributed by atoms with Crippen molar-refractivity contribution in [1.82, 2.24) is 5.43 Å². The fourth-order valence-electron chi connectivity index (χ4n) is 2.98. The molecule has 0 atom stereocenters. The van der Waals surface area contributed by atoms with Crippen LogP contribution in [0.3, 0.4) is 0 Å². The first kappa shape index (κ1) is 16.3. The standard InChI is InChI=1S/C21H16N2O2S/c1-13-16-7-4-5-9-18(16)26-20(13)21(25)23-22-12-15-11-10-14-6-2-3-8-17(14)19(15)24/h2-12,24H,1H3,(H,23,25). The summed E-state index contributed by atoms with van der Waals surface area (Å²) in [5, 5.41) is 17.2. The molecule has 1 aromatic heterocycles. The number of rotatable bonds is 3. The summed E-state index contributed by atoms with van der Waals surface area (Å²) in [6.07, 6.45) is 1.46. The van der Waals surface area contributed by atoms with Crippen molar-refractivity contribution in [2.75, 3.05) is 0 Å². The SMILES string of the molecule is Cc1c(C(=O)NN=Cc2ccc3ccccc3c2O)sc2ccccc12. The molecule has 0 bridgehead atoms. The van der Waals surface area contributed by atoms with E-state index in [1.54, 1.807) is 6.07 Å².